The molecule has 0 spiro atoms. The maximum Gasteiger partial charge on any atom is 0.226 e. The van der Waals surface area contributed by atoms with Gasteiger partial charge < -0.3 is 9.80 Å². The quantitative estimate of drug-likeness (QED) is 0.538. The molecule has 1 aromatic carbocycles. The number of aromatic nitrogens is 2. The van der Waals surface area contributed by atoms with Crippen LogP contribution in [0.15, 0.2) is 30.3 Å². The summed E-state index contributed by atoms with van der Waals surface area (Å²) in [6.45, 7) is 0.730. The minimum Gasteiger partial charge on any atom is -0.349 e. The van der Waals surface area contributed by atoms with Gasteiger partial charge in [-0.05, 0) is 35.7 Å². The van der Waals surface area contributed by atoms with Gasteiger partial charge in [0.15, 0.2) is 5.82 Å². The van der Waals surface area contributed by atoms with Crippen LogP contribution in [-0.4, -0.2) is 50.5 Å². The monoisotopic (exact) mass is 490 g/mol. The number of halogens is 1. The van der Waals surface area contributed by atoms with E-state index in [1.165, 1.54) is 11.3 Å². The molecule has 5 rings (SSSR count). The number of carbonyl (C=O) groups excluding carboxylic acids is 1. The average molecular weight is 491 g/mol. The number of benzene rings is 1. The van der Waals surface area contributed by atoms with Crippen molar-refractivity contribution in [3.05, 3.63) is 57.1 Å². The fourth-order valence-electron chi connectivity index (χ4n) is 4.17. The van der Waals surface area contributed by atoms with Crippen LogP contribution in [0.25, 0.3) is 10.7 Å². The van der Waals surface area contributed by atoms with E-state index in [-0.39, 0.29) is 17.4 Å². The number of thiophene rings is 1. The fraction of sp³-hybridized carbons (Fsp3) is 0.318. The van der Waals surface area contributed by atoms with E-state index >= 15 is 0 Å². The first kappa shape index (κ1) is 21.7. The molecule has 10 heteroatoms. The summed E-state index contributed by atoms with van der Waals surface area (Å²) in [4.78, 5) is 26.2. The Morgan fingerprint density at radius 2 is 2.03 bits per heavy atom. The van der Waals surface area contributed by atoms with E-state index < -0.39 is 10.6 Å². The number of rotatable bonds is 4. The predicted octanol–water partition coefficient (Wildman–Crippen LogP) is 4.95. The third-order valence-electron chi connectivity index (χ3n) is 5.76. The molecule has 0 bridgehead atoms. The molecule has 0 aliphatic carbocycles. The van der Waals surface area contributed by atoms with Crippen LogP contribution in [0.2, 0.25) is 4.34 Å². The summed E-state index contributed by atoms with van der Waals surface area (Å²) in [6, 6.07) is 9.80. The molecule has 0 saturated heterocycles. The molecule has 2 N–H and O–H groups in total. The smallest absolute Gasteiger partial charge is 0.226 e. The van der Waals surface area contributed by atoms with E-state index in [4.69, 9.17) is 16.6 Å². The number of anilines is 2. The average Bonchev–Trinajstić information content (AvgIpc) is 3.42. The van der Waals surface area contributed by atoms with Crippen molar-refractivity contribution in [2.75, 3.05) is 25.5 Å². The Labute approximate surface area is 197 Å². The van der Waals surface area contributed by atoms with E-state index in [1.54, 1.807) is 19.0 Å². The van der Waals surface area contributed by atoms with Crippen molar-refractivity contribution < 1.29 is 13.9 Å². The van der Waals surface area contributed by atoms with Crippen LogP contribution >= 0.6 is 33.5 Å². The molecule has 7 nitrogen and oxygen atoms in total. The first-order chi connectivity index (χ1) is 15.2. The Morgan fingerprint density at radius 1 is 1.22 bits per heavy atom. The highest BCUT2D eigenvalue weighted by Crippen LogP contribution is 2.55. The van der Waals surface area contributed by atoms with Gasteiger partial charge in [0.1, 0.15) is 5.82 Å². The molecular formula is C22H23ClN4O3S2. The molecule has 2 aliphatic heterocycles. The van der Waals surface area contributed by atoms with Crippen molar-refractivity contribution >= 4 is 50.9 Å². The summed E-state index contributed by atoms with van der Waals surface area (Å²) in [5, 5.41) is 0. The first-order valence-corrected chi connectivity index (χ1v) is 13.3. The Morgan fingerprint density at radius 3 is 2.75 bits per heavy atom. The van der Waals surface area contributed by atoms with Crippen LogP contribution in [0.5, 0.6) is 0 Å². The molecule has 4 heterocycles. The molecule has 0 fully saturated rings. The second-order valence-corrected chi connectivity index (χ2v) is 12.2. The summed E-state index contributed by atoms with van der Waals surface area (Å²) < 4.78 is 21.5. The summed E-state index contributed by atoms with van der Waals surface area (Å²) in [5.41, 5.74) is 4.67. The SMILES string of the molecule is CN(C)C(=O)Cc1ccc2c(c1)CCN2c1nc(-c2ccc(Cl)s2)nc2c1CS(O)(O)C2. The third-order valence-corrected chi connectivity index (χ3v) is 8.47. The van der Waals surface area contributed by atoms with Gasteiger partial charge in [-0.15, -0.1) is 11.3 Å². The zero-order valence-electron chi connectivity index (χ0n) is 17.7. The first-order valence-electron chi connectivity index (χ1n) is 10.2. The summed E-state index contributed by atoms with van der Waals surface area (Å²) in [6.07, 6.45) is 1.20. The highest BCUT2D eigenvalue weighted by molar-refractivity contribution is 8.23. The number of amides is 1. The van der Waals surface area contributed by atoms with Crippen molar-refractivity contribution in [1.82, 2.24) is 14.9 Å². The van der Waals surface area contributed by atoms with Crippen molar-refractivity contribution in [3.63, 3.8) is 0 Å². The van der Waals surface area contributed by atoms with Crippen molar-refractivity contribution in [3.8, 4) is 10.7 Å². The van der Waals surface area contributed by atoms with E-state index in [2.05, 4.69) is 16.0 Å². The third kappa shape index (κ3) is 3.99. The van der Waals surface area contributed by atoms with E-state index in [9.17, 15) is 13.9 Å². The topological polar surface area (TPSA) is 89.8 Å². The van der Waals surface area contributed by atoms with Gasteiger partial charge in [-0.1, -0.05) is 23.7 Å². The van der Waals surface area contributed by atoms with Crippen LogP contribution in [0.4, 0.5) is 11.5 Å². The number of nitrogens with zero attached hydrogens (tertiary/aromatic N) is 4. The highest BCUT2D eigenvalue weighted by Gasteiger charge is 2.34. The molecule has 1 amide bonds. The van der Waals surface area contributed by atoms with Gasteiger partial charge in [0.25, 0.3) is 0 Å². The lowest BCUT2D eigenvalue weighted by atomic mass is 10.1. The summed E-state index contributed by atoms with van der Waals surface area (Å²) >= 11 is 7.53. The van der Waals surface area contributed by atoms with Crippen LogP contribution in [0.1, 0.15) is 22.4 Å². The van der Waals surface area contributed by atoms with Gasteiger partial charge in [0.05, 0.1) is 32.8 Å². The van der Waals surface area contributed by atoms with Gasteiger partial charge in [0.2, 0.25) is 5.91 Å². The van der Waals surface area contributed by atoms with Crippen LogP contribution in [-0.2, 0) is 29.1 Å². The van der Waals surface area contributed by atoms with Crippen molar-refractivity contribution in [1.29, 1.82) is 0 Å². The fourth-order valence-corrected chi connectivity index (χ4v) is 6.69. The van der Waals surface area contributed by atoms with Gasteiger partial charge in [-0.3, -0.25) is 13.9 Å². The van der Waals surface area contributed by atoms with Gasteiger partial charge in [-0.25, -0.2) is 9.97 Å². The highest BCUT2D eigenvalue weighted by atomic mass is 35.5. The molecule has 2 aliphatic rings. The zero-order chi connectivity index (χ0) is 22.6. The number of likely N-dealkylation sites (N-methyl/N-ethyl adjacent to an activating group) is 1. The minimum absolute atomic E-state index is 0.0675. The Bertz CT molecular complexity index is 1230. The number of hydrogen-bond acceptors (Lipinski definition) is 7. The maximum atomic E-state index is 12.1. The minimum atomic E-state index is -2.75. The van der Waals surface area contributed by atoms with Gasteiger partial charge in [0, 0.05) is 31.9 Å². The van der Waals surface area contributed by atoms with Crippen LogP contribution < -0.4 is 4.90 Å². The Balaban J connectivity index is 1.55. The largest absolute Gasteiger partial charge is 0.349 e. The summed E-state index contributed by atoms with van der Waals surface area (Å²) in [7, 11) is 0.769. The molecular weight excluding hydrogens is 468 g/mol. The molecule has 32 heavy (non-hydrogen) atoms. The zero-order valence-corrected chi connectivity index (χ0v) is 20.1. The molecule has 0 unspecified atom stereocenters. The van der Waals surface area contributed by atoms with Crippen molar-refractivity contribution in [2.45, 2.75) is 24.3 Å². The van der Waals surface area contributed by atoms with E-state index in [0.29, 0.717) is 22.3 Å². The maximum absolute atomic E-state index is 12.1. The second-order valence-electron chi connectivity index (χ2n) is 8.32. The van der Waals surface area contributed by atoms with Crippen LogP contribution in [0.3, 0.4) is 0 Å². The van der Waals surface area contributed by atoms with E-state index in [1.807, 2.05) is 24.3 Å². The van der Waals surface area contributed by atoms with Crippen molar-refractivity contribution in [2.24, 2.45) is 0 Å². The molecule has 0 atom stereocenters. The second kappa shape index (κ2) is 8.00. The lowest BCUT2D eigenvalue weighted by Crippen LogP contribution is -2.23. The molecule has 0 radical (unpaired) electrons. The summed E-state index contributed by atoms with van der Waals surface area (Å²) in [5.74, 6) is 1.66. The lowest BCUT2D eigenvalue weighted by Gasteiger charge is -2.25. The lowest BCUT2D eigenvalue weighted by molar-refractivity contribution is -0.127. The number of hydrogen-bond donors (Lipinski definition) is 2. The molecule has 168 valence electrons. The standard InChI is InChI=1S/C22H23ClN4O3S2/c1-26(2)20(28)10-13-3-4-17-14(9-13)7-8-27(17)22-15-11-32(29,30)12-16(15)24-21(25-22)18-5-6-19(23)31-18/h3-6,9,29-30H,7-8,10-12H2,1-2H3. The van der Waals surface area contributed by atoms with Gasteiger partial charge >= 0.3 is 0 Å². The molecule has 3 aromatic rings. The van der Waals surface area contributed by atoms with Gasteiger partial charge in [-0.2, -0.15) is 10.6 Å². The van der Waals surface area contributed by atoms with E-state index in [0.717, 1.165) is 46.0 Å². The molecule has 0 saturated carbocycles. The predicted molar refractivity (Wildman–Crippen MR) is 130 cm³/mol. The van der Waals surface area contributed by atoms with Crippen LogP contribution in [0, 0.1) is 0 Å². The Hall–Kier alpha value is -2.17. The molecule has 2 aromatic heterocycles. The number of carbonyl (C=O) groups is 1. The Kier molecular flexibility index (Phi) is 5.42. The normalized spacial score (nSPS) is 17.2. The number of fused-ring (bicyclic) bond motifs is 2.